The van der Waals surface area contributed by atoms with Gasteiger partial charge in [-0.1, -0.05) is 30.9 Å². The number of imidazole rings is 1. The van der Waals surface area contributed by atoms with E-state index in [1.165, 1.54) is 37.9 Å². The van der Waals surface area contributed by atoms with Gasteiger partial charge in [-0.25, -0.2) is 4.98 Å². The first-order chi connectivity index (χ1) is 10.8. The lowest BCUT2D eigenvalue weighted by Crippen LogP contribution is -2.12. The molecule has 1 aliphatic rings. The lowest BCUT2D eigenvalue weighted by molar-refractivity contribution is 0.413. The first-order valence-electron chi connectivity index (χ1n) is 7.99. The fourth-order valence-electron chi connectivity index (χ4n) is 3.52. The molecule has 1 aliphatic carbocycles. The van der Waals surface area contributed by atoms with Crippen molar-refractivity contribution in [2.75, 3.05) is 0 Å². The molecule has 1 aromatic carbocycles. The predicted molar refractivity (Wildman–Crippen MR) is 88.4 cm³/mol. The van der Waals surface area contributed by atoms with E-state index in [2.05, 4.69) is 10.6 Å². The highest BCUT2D eigenvalue weighted by atomic mass is 35.5. The molecule has 0 radical (unpaired) electrons. The second-order valence-electron chi connectivity index (χ2n) is 6.10. The molecule has 22 heavy (non-hydrogen) atoms. The van der Waals surface area contributed by atoms with Gasteiger partial charge in [0.2, 0.25) is 0 Å². The van der Waals surface area contributed by atoms with Gasteiger partial charge in [-0.15, -0.1) is 0 Å². The summed E-state index contributed by atoms with van der Waals surface area (Å²) in [6, 6.07) is 9.93. The number of rotatable bonds is 3. The van der Waals surface area contributed by atoms with Gasteiger partial charge in [0.15, 0.2) is 0 Å². The molecule has 4 heteroatoms. The third-order valence-corrected chi connectivity index (χ3v) is 4.84. The smallest absolute Gasteiger partial charge is 0.123 e. The minimum absolute atomic E-state index is 0.551. The van der Waals surface area contributed by atoms with Crippen LogP contribution in [0.3, 0.4) is 0 Å². The lowest BCUT2D eigenvalue weighted by Gasteiger charge is -2.22. The standard InChI is InChI=1S/C18H19ClN2O/c19-14-8-9-17-16(11-14)20-18(13-5-2-1-3-6-13)21(17)12-15-7-4-10-22-15/h4,7-11,13H,1-3,5-6,12H2. The maximum Gasteiger partial charge on any atom is 0.123 e. The van der Waals surface area contributed by atoms with Gasteiger partial charge in [-0.2, -0.15) is 0 Å². The Kier molecular flexibility index (Phi) is 3.67. The molecule has 0 aliphatic heterocycles. The van der Waals surface area contributed by atoms with Crippen molar-refractivity contribution in [3.05, 3.63) is 53.2 Å². The van der Waals surface area contributed by atoms with Crippen LogP contribution in [0, 0.1) is 0 Å². The fourth-order valence-corrected chi connectivity index (χ4v) is 3.68. The molecule has 0 spiro atoms. The van der Waals surface area contributed by atoms with Crippen LogP contribution in [0.4, 0.5) is 0 Å². The van der Waals surface area contributed by atoms with E-state index in [-0.39, 0.29) is 0 Å². The largest absolute Gasteiger partial charge is 0.467 e. The third kappa shape index (κ3) is 2.54. The van der Waals surface area contributed by atoms with E-state index in [0.29, 0.717) is 5.92 Å². The van der Waals surface area contributed by atoms with Crippen LogP contribution in [0.1, 0.15) is 49.6 Å². The Hall–Kier alpha value is -1.74. The Morgan fingerprint density at radius 3 is 2.82 bits per heavy atom. The van der Waals surface area contributed by atoms with Crippen LogP contribution in [0.25, 0.3) is 11.0 Å². The number of fused-ring (bicyclic) bond motifs is 1. The zero-order valence-corrected chi connectivity index (χ0v) is 13.2. The summed E-state index contributed by atoms with van der Waals surface area (Å²) in [6.45, 7) is 0.733. The van der Waals surface area contributed by atoms with Crippen molar-refractivity contribution in [2.24, 2.45) is 0 Å². The molecule has 0 atom stereocenters. The maximum atomic E-state index is 6.14. The molecule has 0 N–H and O–H groups in total. The highest BCUT2D eigenvalue weighted by Gasteiger charge is 2.23. The van der Waals surface area contributed by atoms with Crippen LogP contribution >= 0.6 is 11.6 Å². The number of halogens is 1. The molecule has 0 saturated heterocycles. The average Bonchev–Trinajstić information content (AvgIpc) is 3.17. The molecule has 1 fully saturated rings. The van der Waals surface area contributed by atoms with Gasteiger partial charge in [0.05, 0.1) is 23.8 Å². The Balaban J connectivity index is 1.82. The first-order valence-corrected chi connectivity index (χ1v) is 8.37. The maximum absolute atomic E-state index is 6.14. The normalized spacial score (nSPS) is 16.4. The monoisotopic (exact) mass is 314 g/mol. The SMILES string of the molecule is Clc1ccc2c(c1)nc(C1CCCCC1)n2Cc1ccco1. The highest BCUT2D eigenvalue weighted by molar-refractivity contribution is 6.31. The van der Waals surface area contributed by atoms with E-state index < -0.39 is 0 Å². The molecular formula is C18H19ClN2O. The van der Waals surface area contributed by atoms with Crippen LogP contribution in [0.2, 0.25) is 5.02 Å². The summed E-state index contributed by atoms with van der Waals surface area (Å²) >= 11 is 6.14. The average molecular weight is 315 g/mol. The molecule has 0 unspecified atom stereocenters. The van der Waals surface area contributed by atoms with E-state index in [0.717, 1.165) is 28.4 Å². The molecular weight excluding hydrogens is 296 g/mol. The number of aromatic nitrogens is 2. The van der Waals surface area contributed by atoms with E-state index >= 15 is 0 Å². The number of hydrogen-bond acceptors (Lipinski definition) is 2. The summed E-state index contributed by atoms with van der Waals surface area (Å²) < 4.78 is 7.85. The third-order valence-electron chi connectivity index (χ3n) is 4.60. The molecule has 3 aromatic rings. The number of benzene rings is 1. The Labute approximate surface area is 134 Å². The number of hydrogen-bond donors (Lipinski definition) is 0. The van der Waals surface area contributed by atoms with Crippen molar-refractivity contribution in [1.29, 1.82) is 0 Å². The van der Waals surface area contributed by atoms with E-state index in [9.17, 15) is 0 Å². The van der Waals surface area contributed by atoms with Gasteiger partial charge in [0.1, 0.15) is 11.6 Å². The quantitative estimate of drug-likeness (QED) is 0.650. The Morgan fingerprint density at radius 1 is 1.18 bits per heavy atom. The molecule has 4 rings (SSSR count). The van der Waals surface area contributed by atoms with Crippen molar-refractivity contribution in [2.45, 2.75) is 44.6 Å². The predicted octanol–water partition coefficient (Wildman–Crippen LogP) is 5.38. The summed E-state index contributed by atoms with van der Waals surface area (Å²) in [4.78, 5) is 4.91. The minimum Gasteiger partial charge on any atom is -0.467 e. The van der Waals surface area contributed by atoms with Crippen molar-refractivity contribution in [3.8, 4) is 0 Å². The number of furan rings is 1. The topological polar surface area (TPSA) is 31.0 Å². The molecule has 3 nitrogen and oxygen atoms in total. The van der Waals surface area contributed by atoms with Crippen molar-refractivity contribution >= 4 is 22.6 Å². The summed E-state index contributed by atoms with van der Waals surface area (Å²) in [6.07, 6.45) is 8.14. The Bertz CT molecular complexity index is 770. The van der Waals surface area contributed by atoms with Crippen molar-refractivity contribution < 1.29 is 4.42 Å². The van der Waals surface area contributed by atoms with Gasteiger partial charge in [-0.05, 0) is 43.2 Å². The van der Waals surface area contributed by atoms with Crippen LogP contribution in [0.15, 0.2) is 41.0 Å². The van der Waals surface area contributed by atoms with Crippen molar-refractivity contribution in [3.63, 3.8) is 0 Å². The van der Waals surface area contributed by atoms with Gasteiger partial charge in [-0.3, -0.25) is 0 Å². The van der Waals surface area contributed by atoms with E-state index in [4.69, 9.17) is 21.0 Å². The summed E-state index contributed by atoms with van der Waals surface area (Å²) in [5, 5.41) is 0.741. The summed E-state index contributed by atoms with van der Waals surface area (Å²) in [7, 11) is 0. The highest BCUT2D eigenvalue weighted by Crippen LogP contribution is 2.34. The van der Waals surface area contributed by atoms with Gasteiger partial charge < -0.3 is 8.98 Å². The van der Waals surface area contributed by atoms with Crippen LogP contribution in [-0.4, -0.2) is 9.55 Å². The fraction of sp³-hybridized carbons (Fsp3) is 0.389. The van der Waals surface area contributed by atoms with Gasteiger partial charge in [0.25, 0.3) is 0 Å². The van der Waals surface area contributed by atoms with Crippen LogP contribution < -0.4 is 0 Å². The molecule has 2 aromatic heterocycles. The number of nitrogens with zero attached hydrogens (tertiary/aromatic N) is 2. The van der Waals surface area contributed by atoms with Crippen LogP contribution in [-0.2, 0) is 6.54 Å². The zero-order valence-electron chi connectivity index (χ0n) is 12.5. The van der Waals surface area contributed by atoms with Crippen molar-refractivity contribution in [1.82, 2.24) is 9.55 Å². The van der Waals surface area contributed by atoms with Gasteiger partial charge >= 0.3 is 0 Å². The first kappa shape index (κ1) is 13.9. The molecule has 114 valence electrons. The summed E-state index contributed by atoms with van der Waals surface area (Å²) in [5.74, 6) is 2.70. The summed E-state index contributed by atoms with van der Waals surface area (Å²) in [5.41, 5.74) is 2.13. The zero-order chi connectivity index (χ0) is 14.9. The van der Waals surface area contributed by atoms with E-state index in [1.54, 1.807) is 6.26 Å². The molecule has 0 bridgehead atoms. The van der Waals surface area contributed by atoms with Gasteiger partial charge in [0, 0.05) is 10.9 Å². The lowest BCUT2D eigenvalue weighted by atomic mass is 9.88. The Morgan fingerprint density at radius 2 is 2.05 bits per heavy atom. The minimum atomic E-state index is 0.551. The van der Waals surface area contributed by atoms with Crippen LogP contribution in [0.5, 0.6) is 0 Å². The van der Waals surface area contributed by atoms with E-state index in [1.807, 2.05) is 24.3 Å². The molecule has 2 heterocycles. The molecule has 1 saturated carbocycles. The molecule has 0 amide bonds. The second kappa shape index (κ2) is 5.81. The second-order valence-corrected chi connectivity index (χ2v) is 6.54.